The molecule has 0 aliphatic heterocycles. The van der Waals surface area contributed by atoms with Gasteiger partial charge in [-0.1, -0.05) is 32.6 Å². The predicted octanol–water partition coefficient (Wildman–Crippen LogP) is 7.62. The van der Waals surface area contributed by atoms with Gasteiger partial charge < -0.3 is 4.74 Å². The van der Waals surface area contributed by atoms with E-state index in [1.807, 2.05) is 0 Å². The molecule has 2 aliphatic carbocycles. The fourth-order valence-electron chi connectivity index (χ4n) is 5.38. The highest BCUT2D eigenvalue weighted by atomic mass is 79.9. The third-order valence-corrected chi connectivity index (χ3v) is 7.39. The van der Waals surface area contributed by atoms with Crippen molar-refractivity contribution in [2.75, 3.05) is 7.11 Å². The molecule has 2 fully saturated rings. The van der Waals surface area contributed by atoms with Crippen LogP contribution in [0.25, 0.3) is 0 Å². The van der Waals surface area contributed by atoms with E-state index in [0.29, 0.717) is 4.47 Å². The van der Waals surface area contributed by atoms with Crippen molar-refractivity contribution < 1.29 is 13.5 Å². The van der Waals surface area contributed by atoms with Crippen molar-refractivity contribution in [3.05, 3.63) is 27.7 Å². The van der Waals surface area contributed by atoms with Gasteiger partial charge in [0.1, 0.15) is 5.82 Å². The molecule has 0 saturated heterocycles. The molecule has 0 bridgehead atoms. The molecule has 0 aromatic heterocycles. The second-order valence-electron chi connectivity index (χ2n) is 8.28. The van der Waals surface area contributed by atoms with Gasteiger partial charge in [-0.05, 0) is 84.2 Å². The first kappa shape index (κ1) is 20.1. The minimum atomic E-state index is -0.525. The Bertz CT molecular complexity index is 603. The molecule has 0 atom stereocenters. The van der Waals surface area contributed by atoms with Crippen molar-refractivity contribution in [1.29, 1.82) is 0 Å². The zero-order valence-corrected chi connectivity index (χ0v) is 17.6. The number of methoxy groups -OCH3 is 1. The number of ether oxygens (including phenoxy) is 1. The molecule has 2 saturated carbocycles. The lowest BCUT2D eigenvalue weighted by Gasteiger charge is -2.38. The molecule has 0 radical (unpaired) electrons. The van der Waals surface area contributed by atoms with Crippen molar-refractivity contribution in [1.82, 2.24) is 0 Å². The summed E-state index contributed by atoms with van der Waals surface area (Å²) in [5, 5.41) is 0. The van der Waals surface area contributed by atoms with Crippen molar-refractivity contribution in [3.8, 4) is 5.75 Å². The summed E-state index contributed by atoms with van der Waals surface area (Å²) in [6.07, 6.45) is 12.1. The average molecular weight is 429 g/mol. The van der Waals surface area contributed by atoms with Gasteiger partial charge in [0.15, 0.2) is 11.6 Å². The second-order valence-corrected chi connectivity index (χ2v) is 9.14. The van der Waals surface area contributed by atoms with Gasteiger partial charge in [0.25, 0.3) is 0 Å². The number of halogens is 3. The highest BCUT2D eigenvalue weighted by Gasteiger charge is 2.33. The lowest BCUT2D eigenvalue weighted by atomic mass is 9.68. The van der Waals surface area contributed by atoms with Gasteiger partial charge in [0.2, 0.25) is 0 Å². The maximum Gasteiger partial charge on any atom is 0.172 e. The standard InChI is InChI=1S/C22H31BrF2O/c1-3-4-14-5-7-15(8-6-14)16-9-11-17(12-10-16)20-19(24)13-18(23)22(26-2)21(20)25/h13-17H,3-12H2,1-2H3/t14-,15-,16?,17?. The van der Waals surface area contributed by atoms with Gasteiger partial charge in [-0.15, -0.1) is 0 Å². The minimum absolute atomic E-state index is 0.0234. The van der Waals surface area contributed by atoms with Crippen LogP contribution in [-0.4, -0.2) is 7.11 Å². The summed E-state index contributed by atoms with van der Waals surface area (Å²) >= 11 is 3.19. The van der Waals surface area contributed by atoms with E-state index in [-0.39, 0.29) is 17.2 Å². The normalized spacial score (nSPS) is 29.6. The quantitative estimate of drug-likeness (QED) is 0.468. The third kappa shape index (κ3) is 4.26. The van der Waals surface area contributed by atoms with Crippen LogP contribution in [0.5, 0.6) is 5.75 Å². The molecule has 146 valence electrons. The Labute approximate surface area is 165 Å². The molecule has 4 heteroatoms. The van der Waals surface area contributed by atoms with Crippen LogP contribution in [-0.2, 0) is 0 Å². The van der Waals surface area contributed by atoms with Crippen molar-refractivity contribution in [2.45, 2.75) is 77.0 Å². The van der Waals surface area contributed by atoms with E-state index in [4.69, 9.17) is 4.74 Å². The molecule has 1 nitrogen and oxygen atoms in total. The third-order valence-electron chi connectivity index (χ3n) is 6.80. The molecule has 0 spiro atoms. The summed E-state index contributed by atoms with van der Waals surface area (Å²) in [4.78, 5) is 0. The van der Waals surface area contributed by atoms with E-state index in [1.165, 1.54) is 51.7 Å². The van der Waals surface area contributed by atoms with Crippen LogP contribution < -0.4 is 4.74 Å². The van der Waals surface area contributed by atoms with E-state index < -0.39 is 11.6 Å². The maximum atomic E-state index is 14.8. The number of hydrogen-bond acceptors (Lipinski definition) is 1. The zero-order valence-electron chi connectivity index (χ0n) is 16.0. The monoisotopic (exact) mass is 428 g/mol. The first-order valence-corrected chi connectivity index (χ1v) is 11.1. The van der Waals surface area contributed by atoms with Crippen LogP contribution in [0.2, 0.25) is 0 Å². The van der Waals surface area contributed by atoms with Crippen molar-refractivity contribution >= 4 is 15.9 Å². The van der Waals surface area contributed by atoms with E-state index in [1.54, 1.807) is 0 Å². The van der Waals surface area contributed by atoms with E-state index in [9.17, 15) is 8.78 Å². The highest BCUT2D eigenvalue weighted by Crippen LogP contribution is 2.46. The topological polar surface area (TPSA) is 9.23 Å². The molecule has 1 aromatic rings. The van der Waals surface area contributed by atoms with E-state index >= 15 is 0 Å². The fraction of sp³-hybridized carbons (Fsp3) is 0.727. The largest absolute Gasteiger partial charge is 0.492 e. The Morgan fingerprint density at radius 2 is 1.58 bits per heavy atom. The first-order valence-electron chi connectivity index (χ1n) is 10.3. The molecule has 0 amide bonds. The van der Waals surface area contributed by atoms with Crippen LogP contribution in [0.15, 0.2) is 10.5 Å². The molecule has 1 aromatic carbocycles. The Kier molecular flexibility index (Phi) is 6.98. The summed E-state index contributed by atoms with van der Waals surface area (Å²) in [5.41, 5.74) is 0.232. The number of hydrogen-bond donors (Lipinski definition) is 0. The van der Waals surface area contributed by atoms with Crippen LogP contribution in [0, 0.1) is 29.4 Å². The van der Waals surface area contributed by atoms with Crippen LogP contribution >= 0.6 is 15.9 Å². The van der Waals surface area contributed by atoms with Crippen molar-refractivity contribution in [2.24, 2.45) is 17.8 Å². The van der Waals surface area contributed by atoms with Gasteiger partial charge >= 0.3 is 0 Å². The van der Waals surface area contributed by atoms with Gasteiger partial charge in [0.05, 0.1) is 11.6 Å². The lowest BCUT2D eigenvalue weighted by Crippen LogP contribution is -2.26. The summed E-state index contributed by atoms with van der Waals surface area (Å²) in [5.74, 6) is 1.64. The van der Waals surface area contributed by atoms with Gasteiger partial charge in [-0.2, -0.15) is 0 Å². The maximum absolute atomic E-state index is 14.8. The van der Waals surface area contributed by atoms with E-state index in [0.717, 1.165) is 43.4 Å². The number of rotatable bonds is 5. The van der Waals surface area contributed by atoms with Gasteiger partial charge in [-0.3, -0.25) is 0 Å². The predicted molar refractivity (Wildman–Crippen MR) is 106 cm³/mol. The van der Waals surface area contributed by atoms with Crippen LogP contribution in [0.1, 0.15) is 82.6 Å². The second kappa shape index (κ2) is 9.03. The fourth-order valence-corrected chi connectivity index (χ4v) is 5.92. The molecule has 0 N–H and O–H groups in total. The molecule has 0 heterocycles. The first-order chi connectivity index (χ1) is 12.5. The SMILES string of the molecule is CCC[C@H]1CC[C@H](C2CCC(c3c(F)cc(Br)c(OC)c3F)CC2)CC1. The highest BCUT2D eigenvalue weighted by molar-refractivity contribution is 9.10. The van der Waals surface area contributed by atoms with E-state index in [2.05, 4.69) is 22.9 Å². The van der Waals surface area contributed by atoms with Gasteiger partial charge in [-0.25, -0.2) is 8.78 Å². The van der Waals surface area contributed by atoms with Crippen LogP contribution in [0.4, 0.5) is 8.78 Å². The summed E-state index contributed by atoms with van der Waals surface area (Å²) in [6, 6.07) is 1.35. The number of benzene rings is 1. The molecular weight excluding hydrogens is 398 g/mol. The summed E-state index contributed by atoms with van der Waals surface area (Å²) in [7, 11) is 1.43. The molecule has 26 heavy (non-hydrogen) atoms. The Balaban J connectivity index is 1.61. The smallest absolute Gasteiger partial charge is 0.172 e. The summed E-state index contributed by atoms with van der Waals surface area (Å²) < 4.78 is 34.7. The Hall–Kier alpha value is -0.640. The average Bonchev–Trinajstić information content (AvgIpc) is 2.63. The Morgan fingerprint density at radius 3 is 2.12 bits per heavy atom. The van der Waals surface area contributed by atoms with Crippen molar-refractivity contribution in [3.63, 3.8) is 0 Å². The lowest BCUT2D eigenvalue weighted by molar-refractivity contribution is 0.155. The Morgan fingerprint density at radius 1 is 1.00 bits per heavy atom. The minimum Gasteiger partial charge on any atom is -0.492 e. The molecular formula is C22H31BrF2O. The molecule has 3 rings (SSSR count). The molecule has 0 unspecified atom stereocenters. The summed E-state index contributed by atoms with van der Waals surface area (Å²) in [6.45, 7) is 2.28. The molecule has 2 aliphatic rings. The zero-order chi connectivity index (χ0) is 18.7. The van der Waals surface area contributed by atoms with Gasteiger partial charge in [0, 0.05) is 5.56 Å². The van der Waals surface area contributed by atoms with Crippen LogP contribution in [0.3, 0.4) is 0 Å².